The summed E-state index contributed by atoms with van der Waals surface area (Å²) in [5.41, 5.74) is 4.12. The molecule has 0 spiro atoms. The lowest BCUT2D eigenvalue weighted by Gasteiger charge is -2.16. The van der Waals surface area contributed by atoms with Gasteiger partial charge >= 0.3 is 5.97 Å². The van der Waals surface area contributed by atoms with Crippen LogP contribution in [0.2, 0.25) is 0 Å². The second-order valence-corrected chi connectivity index (χ2v) is 7.63. The maximum Gasteiger partial charge on any atom is 0.331 e. The fourth-order valence-corrected chi connectivity index (χ4v) is 3.34. The van der Waals surface area contributed by atoms with Gasteiger partial charge in [-0.15, -0.1) is 0 Å². The molecular formula is C27H24N4O3. The molecule has 0 bridgehead atoms. The van der Waals surface area contributed by atoms with Gasteiger partial charge in [-0.3, -0.25) is 9.78 Å². The number of para-hydroxylation sites is 1. The Bertz CT molecular complexity index is 1270. The number of hydrogen-bond acceptors (Lipinski definition) is 5. The van der Waals surface area contributed by atoms with Crippen molar-refractivity contribution in [2.24, 2.45) is 0 Å². The second-order valence-electron chi connectivity index (χ2n) is 7.63. The van der Waals surface area contributed by atoms with Crippen LogP contribution in [0, 0.1) is 0 Å². The molecule has 2 aromatic carbocycles. The van der Waals surface area contributed by atoms with Crippen LogP contribution in [0.15, 0.2) is 97.5 Å². The SMILES string of the molecule is CN(Cc1ccccc1)C(=O)COC(=O)C=Cc1cn(-c2ccccc2)nc1-c1cccnc1. The number of ether oxygens (including phenoxy) is 1. The summed E-state index contributed by atoms with van der Waals surface area (Å²) in [6, 6.07) is 23.0. The normalized spacial score (nSPS) is 10.9. The summed E-state index contributed by atoms with van der Waals surface area (Å²) >= 11 is 0. The smallest absolute Gasteiger partial charge is 0.331 e. The van der Waals surface area contributed by atoms with Crippen LogP contribution < -0.4 is 0 Å². The van der Waals surface area contributed by atoms with Gasteiger partial charge in [-0.05, 0) is 35.9 Å². The fourth-order valence-electron chi connectivity index (χ4n) is 3.34. The van der Waals surface area contributed by atoms with Gasteiger partial charge in [-0.1, -0.05) is 48.5 Å². The molecule has 4 rings (SSSR count). The van der Waals surface area contributed by atoms with Crippen LogP contribution in [-0.4, -0.2) is 45.2 Å². The van der Waals surface area contributed by atoms with Gasteiger partial charge in [0.15, 0.2) is 6.61 Å². The molecular weight excluding hydrogens is 428 g/mol. The van der Waals surface area contributed by atoms with E-state index in [0.29, 0.717) is 12.2 Å². The predicted octanol–water partition coefficient (Wildman–Crippen LogP) is 4.15. The Morgan fingerprint density at radius 1 is 1.00 bits per heavy atom. The lowest BCUT2D eigenvalue weighted by molar-refractivity contribution is -0.147. The summed E-state index contributed by atoms with van der Waals surface area (Å²) in [7, 11) is 1.68. The molecule has 7 heteroatoms. The van der Waals surface area contributed by atoms with E-state index in [9.17, 15) is 9.59 Å². The molecule has 0 fully saturated rings. The van der Waals surface area contributed by atoms with Gasteiger partial charge in [-0.25, -0.2) is 9.48 Å². The van der Waals surface area contributed by atoms with Crippen LogP contribution in [0.5, 0.6) is 0 Å². The highest BCUT2D eigenvalue weighted by molar-refractivity contribution is 5.90. The largest absolute Gasteiger partial charge is 0.452 e. The standard InChI is InChI=1S/C27H24N4O3/c1-30(18-21-9-4-2-5-10-21)25(32)20-34-26(33)15-14-23-19-31(24-12-6-3-7-13-24)29-27(23)22-11-8-16-28-17-22/h2-17,19H,18,20H2,1H3. The number of hydrogen-bond donors (Lipinski definition) is 0. The summed E-state index contributed by atoms with van der Waals surface area (Å²) in [6.07, 6.45) is 8.18. The molecule has 0 aliphatic carbocycles. The van der Waals surface area contributed by atoms with E-state index in [4.69, 9.17) is 4.74 Å². The summed E-state index contributed by atoms with van der Waals surface area (Å²) in [5, 5.41) is 4.68. The Morgan fingerprint density at radius 3 is 2.44 bits per heavy atom. The van der Waals surface area contributed by atoms with Crippen LogP contribution in [0.4, 0.5) is 0 Å². The molecule has 0 radical (unpaired) electrons. The van der Waals surface area contributed by atoms with Gasteiger partial charge < -0.3 is 9.64 Å². The monoisotopic (exact) mass is 452 g/mol. The maximum absolute atomic E-state index is 12.3. The van der Waals surface area contributed by atoms with Crippen molar-refractivity contribution in [2.75, 3.05) is 13.7 Å². The van der Waals surface area contributed by atoms with Crippen molar-refractivity contribution in [3.05, 3.63) is 109 Å². The van der Waals surface area contributed by atoms with Gasteiger partial charge in [0.25, 0.3) is 5.91 Å². The number of benzene rings is 2. The topological polar surface area (TPSA) is 77.3 Å². The fraction of sp³-hybridized carbons (Fsp3) is 0.111. The van der Waals surface area contributed by atoms with Crippen LogP contribution in [-0.2, 0) is 20.9 Å². The molecule has 2 heterocycles. The molecule has 0 saturated carbocycles. The first-order valence-electron chi connectivity index (χ1n) is 10.8. The minimum absolute atomic E-state index is 0.279. The van der Waals surface area contributed by atoms with Crippen LogP contribution in [0.3, 0.4) is 0 Å². The van der Waals surface area contributed by atoms with Gasteiger partial charge in [0.2, 0.25) is 0 Å². The summed E-state index contributed by atoms with van der Waals surface area (Å²) < 4.78 is 6.91. The van der Waals surface area contributed by atoms with Gasteiger partial charge in [0.1, 0.15) is 5.69 Å². The van der Waals surface area contributed by atoms with Crippen molar-refractivity contribution in [1.82, 2.24) is 19.7 Å². The highest BCUT2D eigenvalue weighted by Crippen LogP contribution is 2.24. The molecule has 0 aliphatic rings. The molecule has 170 valence electrons. The Kier molecular flexibility index (Phi) is 7.25. The van der Waals surface area contributed by atoms with E-state index in [1.807, 2.05) is 79.0 Å². The third-order valence-electron chi connectivity index (χ3n) is 5.12. The highest BCUT2D eigenvalue weighted by Gasteiger charge is 2.13. The Hall–Kier alpha value is -4.52. The van der Waals surface area contributed by atoms with Crippen molar-refractivity contribution in [1.29, 1.82) is 0 Å². The highest BCUT2D eigenvalue weighted by atomic mass is 16.5. The van der Waals surface area contributed by atoms with Gasteiger partial charge in [0.05, 0.1) is 5.69 Å². The number of rotatable bonds is 8. The number of amides is 1. The van der Waals surface area contributed by atoms with E-state index < -0.39 is 5.97 Å². The maximum atomic E-state index is 12.3. The summed E-state index contributed by atoms with van der Waals surface area (Å²) in [4.78, 5) is 30.3. The number of pyridine rings is 1. The third kappa shape index (κ3) is 5.83. The first-order valence-corrected chi connectivity index (χ1v) is 10.8. The quantitative estimate of drug-likeness (QED) is 0.297. The molecule has 2 aromatic heterocycles. The number of nitrogens with zero attached hydrogens (tertiary/aromatic N) is 4. The molecule has 0 unspecified atom stereocenters. The van der Waals surface area contributed by atoms with Crippen LogP contribution >= 0.6 is 0 Å². The molecule has 4 aromatic rings. The Balaban J connectivity index is 1.43. The van der Waals surface area contributed by atoms with E-state index in [-0.39, 0.29) is 12.5 Å². The number of carbonyl (C=O) groups is 2. The number of likely N-dealkylation sites (N-methyl/N-ethyl adjacent to an activating group) is 1. The minimum atomic E-state index is -0.606. The number of carbonyl (C=O) groups excluding carboxylic acids is 2. The van der Waals surface area contributed by atoms with Crippen molar-refractivity contribution in [3.8, 4) is 16.9 Å². The van der Waals surface area contributed by atoms with E-state index in [0.717, 1.165) is 22.4 Å². The molecule has 0 atom stereocenters. The van der Waals surface area contributed by atoms with Gasteiger partial charge in [0, 0.05) is 49.4 Å². The first-order chi connectivity index (χ1) is 16.6. The predicted molar refractivity (Wildman–Crippen MR) is 130 cm³/mol. The Morgan fingerprint density at radius 2 is 1.74 bits per heavy atom. The van der Waals surface area contributed by atoms with E-state index >= 15 is 0 Å². The van der Waals surface area contributed by atoms with Crippen molar-refractivity contribution < 1.29 is 14.3 Å². The molecule has 0 N–H and O–H groups in total. The molecule has 34 heavy (non-hydrogen) atoms. The summed E-state index contributed by atoms with van der Waals surface area (Å²) in [5.74, 6) is -0.885. The molecule has 0 saturated heterocycles. The van der Waals surface area contributed by atoms with Crippen molar-refractivity contribution in [3.63, 3.8) is 0 Å². The van der Waals surface area contributed by atoms with E-state index in [2.05, 4.69) is 10.1 Å². The lowest BCUT2D eigenvalue weighted by atomic mass is 10.1. The average Bonchev–Trinajstić information content (AvgIpc) is 3.32. The Labute approximate surface area is 197 Å². The molecule has 1 amide bonds. The second kappa shape index (κ2) is 10.9. The van der Waals surface area contributed by atoms with Crippen LogP contribution in [0.25, 0.3) is 23.0 Å². The number of esters is 1. The van der Waals surface area contributed by atoms with E-state index in [1.54, 1.807) is 30.2 Å². The average molecular weight is 453 g/mol. The minimum Gasteiger partial charge on any atom is -0.452 e. The zero-order chi connectivity index (χ0) is 23.8. The molecule has 7 nitrogen and oxygen atoms in total. The van der Waals surface area contributed by atoms with Crippen molar-refractivity contribution in [2.45, 2.75) is 6.54 Å². The van der Waals surface area contributed by atoms with Crippen LogP contribution in [0.1, 0.15) is 11.1 Å². The third-order valence-corrected chi connectivity index (χ3v) is 5.12. The number of aromatic nitrogens is 3. The lowest BCUT2D eigenvalue weighted by Crippen LogP contribution is -2.30. The first kappa shape index (κ1) is 22.7. The van der Waals surface area contributed by atoms with E-state index in [1.165, 1.54) is 11.0 Å². The van der Waals surface area contributed by atoms with Gasteiger partial charge in [-0.2, -0.15) is 5.10 Å². The zero-order valence-electron chi connectivity index (χ0n) is 18.7. The summed E-state index contributed by atoms with van der Waals surface area (Å²) in [6.45, 7) is 0.117. The zero-order valence-corrected chi connectivity index (χ0v) is 18.7. The molecule has 0 aliphatic heterocycles. The van der Waals surface area contributed by atoms with Crippen molar-refractivity contribution >= 4 is 18.0 Å².